The predicted octanol–water partition coefficient (Wildman–Crippen LogP) is 5.99. The Hall–Kier alpha value is -1.77. The van der Waals surface area contributed by atoms with E-state index in [2.05, 4.69) is 31.8 Å². The van der Waals surface area contributed by atoms with Crippen molar-refractivity contribution < 1.29 is 9.18 Å². The van der Waals surface area contributed by atoms with E-state index in [0.717, 1.165) is 24.8 Å². The van der Waals surface area contributed by atoms with E-state index in [4.69, 9.17) is 0 Å². The zero-order chi connectivity index (χ0) is 19.7. The van der Waals surface area contributed by atoms with Gasteiger partial charge in [-0.05, 0) is 89.9 Å². The number of aromatic nitrogens is 1. The maximum absolute atomic E-state index is 13.8. The van der Waals surface area contributed by atoms with E-state index in [1.807, 2.05) is 12.3 Å². The highest BCUT2D eigenvalue weighted by Crippen LogP contribution is 2.67. The smallest absolute Gasteiger partial charge is 0.155 e. The normalized spacial score (nSPS) is 42.2. The van der Waals surface area contributed by atoms with Crippen LogP contribution in [0.25, 0.3) is 5.57 Å². The third kappa shape index (κ3) is 2.44. The third-order valence-corrected chi connectivity index (χ3v) is 8.88. The molecule has 1 aromatic heterocycles. The van der Waals surface area contributed by atoms with Gasteiger partial charge in [0.1, 0.15) is 5.82 Å². The second-order valence-electron chi connectivity index (χ2n) is 10.2. The molecule has 1 heterocycles. The summed E-state index contributed by atoms with van der Waals surface area (Å²) in [5.41, 5.74) is 3.98. The number of hydrogen-bond acceptors (Lipinski definition) is 2. The second kappa shape index (κ2) is 6.11. The summed E-state index contributed by atoms with van der Waals surface area (Å²) in [6.07, 6.45) is 13.8. The Bertz CT molecular complexity index is 902. The molecule has 0 saturated heterocycles. The van der Waals surface area contributed by atoms with Gasteiger partial charge in [0.15, 0.2) is 5.78 Å². The number of fused-ring (bicyclic) bond motifs is 5. The molecule has 2 saturated carbocycles. The molecular weight excluding hydrogens is 349 g/mol. The molecule has 4 aliphatic carbocycles. The summed E-state index contributed by atoms with van der Waals surface area (Å²) in [5.74, 6) is 2.51. The van der Waals surface area contributed by atoms with Crippen LogP contribution in [0.4, 0.5) is 4.39 Å². The molecule has 28 heavy (non-hydrogen) atoms. The van der Waals surface area contributed by atoms with Gasteiger partial charge in [-0.15, -0.1) is 0 Å². The average molecular weight is 380 g/mol. The highest BCUT2D eigenvalue weighted by Gasteiger charge is 2.58. The van der Waals surface area contributed by atoms with Crippen LogP contribution in [0, 0.1) is 40.3 Å². The van der Waals surface area contributed by atoms with E-state index in [-0.39, 0.29) is 16.6 Å². The molecule has 0 amide bonds. The minimum atomic E-state index is -0.250. The Morgan fingerprint density at radius 3 is 2.75 bits per heavy atom. The van der Waals surface area contributed by atoms with Gasteiger partial charge in [-0.1, -0.05) is 32.4 Å². The van der Waals surface area contributed by atoms with Gasteiger partial charge in [-0.2, -0.15) is 0 Å². The van der Waals surface area contributed by atoms with E-state index in [1.54, 1.807) is 6.07 Å². The number of carbonyl (C=O) groups is 1. The minimum Gasteiger partial charge on any atom is -0.295 e. The van der Waals surface area contributed by atoms with Crippen LogP contribution in [0.15, 0.2) is 36.2 Å². The maximum Gasteiger partial charge on any atom is 0.155 e. The van der Waals surface area contributed by atoms with Gasteiger partial charge in [0.25, 0.3) is 0 Å². The van der Waals surface area contributed by atoms with Crippen LogP contribution in [0.3, 0.4) is 0 Å². The fraction of sp³-hybridized carbons (Fsp3) is 0.600. The Morgan fingerprint density at radius 1 is 1.14 bits per heavy atom. The molecule has 1 aromatic rings. The van der Waals surface area contributed by atoms with Gasteiger partial charge in [0.2, 0.25) is 0 Å². The van der Waals surface area contributed by atoms with Crippen molar-refractivity contribution in [3.05, 3.63) is 47.6 Å². The van der Waals surface area contributed by atoms with Crippen LogP contribution in [-0.2, 0) is 4.79 Å². The molecule has 2 fully saturated rings. The van der Waals surface area contributed by atoms with Crippen molar-refractivity contribution in [3.8, 4) is 0 Å². The van der Waals surface area contributed by atoms with Gasteiger partial charge >= 0.3 is 0 Å². The number of nitrogens with zero attached hydrogens (tertiary/aromatic N) is 1. The van der Waals surface area contributed by atoms with E-state index < -0.39 is 0 Å². The summed E-state index contributed by atoms with van der Waals surface area (Å²) in [7, 11) is 0. The number of allylic oxidation sites excluding steroid dienone is 4. The van der Waals surface area contributed by atoms with Crippen LogP contribution in [0.5, 0.6) is 0 Å². The number of hydrogen-bond donors (Lipinski definition) is 0. The summed E-state index contributed by atoms with van der Waals surface area (Å²) >= 11 is 0. The lowest BCUT2D eigenvalue weighted by molar-refractivity contribution is -0.117. The Balaban J connectivity index is 1.50. The lowest BCUT2D eigenvalue weighted by Crippen LogP contribution is -2.51. The van der Waals surface area contributed by atoms with Gasteiger partial charge in [0, 0.05) is 12.6 Å². The number of halogens is 1. The standard InChI is InChI=1S/C25H30FNO/c1-15-10-19-21-5-4-20(16-11-17(26)14-27-13-16)24(21,2)9-7-22(19)25(3)8-6-18(28)12-23(15)25/h4,11-15,19,21-22H,5-10H2,1-3H3/t15?,19?,21?,22?,24-,25-/m1/s1. The molecule has 0 bridgehead atoms. The van der Waals surface area contributed by atoms with Gasteiger partial charge in [-0.3, -0.25) is 9.78 Å². The number of ketones is 1. The summed E-state index contributed by atoms with van der Waals surface area (Å²) in [5, 5.41) is 0. The molecule has 148 valence electrons. The predicted molar refractivity (Wildman–Crippen MR) is 109 cm³/mol. The second-order valence-corrected chi connectivity index (χ2v) is 10.2. The quantitative estimate of drug-likeness (QED) is 0.600. The van der Waals surface area contributed by atoms with Crippen molar-refractivity contribution in [1.82, 2.24) is 4.98 Å². The molecule has 4 aliphatic rings. The van der Waals surface area contributed by atoms with Crippen molar-refractivity contribution in [2.45, 2.75) is 59.3 Å². The molecule has 3 heteroatoms. The number of rotatable bonds is 1. The Kier molecular flexibility index (Phi) is 3.99. The first-order chi connectivity index (χ1) is 13.3. The molecule has 0 aliphatic heterocycles. The molecule has 2 nitrogen and oxygen atoms in total. The SMILES string of the molecule is CC1CC2C(CC[C@]3(C)C(c4cncc(F)c4)=CCC23)[C@@]2(C)CCC(=O)C=C12. The minimum absolute atomic E-state index is 0.110. The molecule has 0 N–H and O–H groups in total. The highest BCUT2D eigenvalue weighted by molar-refractivity contribution is 5.91. The molecule has 6 atom stereocenters. The lowest BCUT2D eigenvalue weighted by Gasteiger charge is -2.59. The first-order valence-electron chi connectivity index (χ1n) is 10.9. The highest BCUT2D eigenvalue weighted by atomic mass is 19.1. The van der Waals surface area contributed by atoms with Crippen molar-refractivity contribution in [2.24, 2.45) is 34.5 Å². The molecule has 0 radical (unpaired) electrons. The maximum atomic E-state index is 13.8. The fourth-order valence-corrected chi connectivity index (χ4v) is 7.56. The van der Waals surface area contributed by atoms with E-state index in [1.165, 1.54) is 30.2 Å². The van der Waals surface area contributed by atoms with Gasteiger partial charge in [0.05, 0.1) is 6.20 Å². The van der Waals surface area contributed by atoms with Crippen molar-refractivity contribution in [2.75, 3.05) is 0 Å². The summed E-state index contributed by atoms with van der Waals surface area (Å²) in [4.78, 5) is 16.2. The van der Waals surface area contributed by atoms with Gasteiger partial charge < -0.3 is 0 Å². The largest absolute Gasteiger partial charge is 0.295 e. The van der Waals surface area contributed by atoms with Crippen LogP contribution in [0.1, 0.15) is 64.9 Å². The number of carbonyl (C=O) groups excluding carboxylic acids is 1. The zero-order valence-electron chi connectivity index (χ0n) is 17.2. The summed E-state index contributed by atoms with van der Waals surface area (Å²) in [6.45, 7) is 7.16. The van der Waals surface area contributed by atoms with E-state index >= 15 is 0 Å². The van der Waals surface area contributed by atoms with Crippen molar-refractivity contribution in [1.29, 1.82) is 0 Å². The lowest BCUT2D eigenvalue weighted by atomic mass is 9.45. The monoisotopic (exact) mass is 379 g/mol. The van der Waals surface area contributed by atoms with Crippen LogP contribution in [-0.4, -0.2) is 10.8 Å². The van der Waals surface area contributed by atoms with Crippen LogP contribution < -0.4 is 0 Å². The Morgan fingerprint density at radius 2 is 1.96 bits per heavy atom. The summed E-state index contributed by atoms with van der Waals surface area (Å²) in [6, 6.07) is 1.65. The molecule has 5 rings (SSSR count). The topological polar surface area (TPSA) is 30.0 Å². The Labute approximate surface area is 167 Å². The number of pyridine rings is 1. The van der Waals surface area contributed by atoms with E-state index in [0.29, 0.717) is 35.9 Å². The van der Waals surface area contributed by atoms with Crippen molar-refractivity contribution in [3.63, 3.8) is 0 Å². The van der Waals surface area contributed by atoms with E-state index in [9.17, 15) is 9.18 Å². The third-order valence-electron chi connectivity index (χ3n) is 8.88. The molecular formula is C25H30FNO. The molecule has 0 aromatic carbocycles. The summed E-state index contributed by atoms with van der Waals surface area (Å²) < 4.78 is 13.8. The average Bonchev–Trinajstić information content (AvgIpc) is 3.01. The first-order valence-corrected chi connectivity index (χ1v) is 10.9. The van der Waals surface area contributed by atoms with Gasteiger partial charge in [-0.25, -0.2) is 4.39 Å². The van der Waals surface area contributed by atoms with Crippen molar-refractivity contribution >= 4 is 11.4 Å². The molecule has 0 spiro atoms. The van der Waals surface area contributed by atoms with Crippen LogP contribution >= 0.6 is 0 Å². The first kappa shape index (κ1) is 18.3. The zero-order valence-corrected chi connectivity index (χ0v) is 17.2. The van der Waals surface area contributed by atoms with Crippen LogP contribution in [0.2, 0.25) is 0 Å². The molecule has 4 unspecified atom stereocenters. The fourth-order valence-electron chi connectivity index (χ4n) is 7.56.